The molecule has 14 heavy (non-hydrogen) atoms. The van der Waals surface area contributed by atoms with Crippen LogP contribution < -0.4 is 0 Å². The largest absolute Gasteiger partial charge is 0.438 e. The van der Waals surface area contributed by atoms with Crippen molar-refractivity contribution in [2.45, 2.75) is 32.9 Å². The van der Waals surface area contributed by atoms with E-state index in [1.165, 1.54) is 4.90 Å². The van der Waals surface area contributed by atoms with E-state index in [2.05, 4.69) is 0 Å². The minimum absolute atomic E-state index is 0.0840. The van der Waals surface area contributed by atoms with Crippen LogP contribution in [0.25, 0.3) is 0 Å². The van der Waals surface area contributed by atoms with Crippen molar-refractivity contribution in [3.8, 4) is 0 Å². The molecule has 1 atom stereocenters. The molecule has 0 N–H and O–H groups in total. The Balaban J connectivity index is 2.55. The van der Waals surface area contributed by atoms with Crippen LogP contribution in [0.5, 0.6) is 0 Å². The highest BCUT2D eigenvalue weighted by molar-refractivity contribution is 5.95. The molecular formula is C10H15NO3. The molecule has 0 saturated carbocycles. The highest BCUT2D eigenvalue weighted by atomic mass is 16.6. The predicted molar refractivity (Wildman–Crippen MR) is 51.3 cm³/mol. The van der Waals surface area contributed by atoms with E-state index in [0.29, 0.717) is 12.0 Å². The smallest absolute Gasteiger partial charge is 0.307 e. The maximum atomic E-state index is 11.3. The van der Waals surface area contributed by atoms with Gasteiger partial charge in [0.1, 0.15) is 0 Å². The Bertz CT molecular complexity index is 283. The summed E-state index contributed by atoms with van der Waals surface area (Å²) in [5.41, 5.74) is 0.627. The average molecular weight is 197 g/mol. The van der Waals surface area contributed by atoms with E-state index in [4.69, 9.17) is 4.74 Å². The van der Waals surface area contributed by atoms with Crippen LogP contribution in [0.1, 0.15) is 26.7 Å². The highest BCUT2D eigenvalue weighted by Crippen LogP contribution is 2.16. The van der Waals surface area contributed by atoms with E-state index in [9.17, 15) is 9.59 Å². The van der Waals surface area contributed by atoms with Crippen LogP contribution in [0.15, 0.2) is 11.6 Å². The molecule has 1 amide bonds. The molecule has 0 aromatic rings. The SMILES string of the molecule is CCCC(=O)OC1C=C(C)C(=O)N1C. The number of hydrogen-bond acceptors (Lipinski definition) is 3. The first kappa shape index (κ1) is 10.8. The lowest BCUT2D eigenvalue weighted by atomic mass is 10.3. The summed E-state index contributed by atoms with van der Waals surface area (Å²) >= 11 is 0. The molecule has 0 aliphatic carbocycles. The van der Waals surface area contributed by atoms with E-state index in [1.54, 1.807) is 20.0 Å². The van der Waals surface area contributed by atoms with Gasteiger partial charge in [-0.05, 0) is 19.4 Å². The zero-order chi connectivity index (χ0) is 10.7. The van der Waals surface area contributed by atoms with Crippen LogP contribution in [-0.4, -0.2) is 30.1 Å². The molecule has 78 valence electrons. The molecule has 0 fully saturated rings. The molecule has 0 saturated heterocycles. The minimum Gasteiger partial charge on any atom is -0.438 e. The standard InChI is InChI=1S/C10H15NO3/c1-4-5-9(12)14-8-6-7(2)10(13)11(8)3/h6,8H,4-5H2,1-3H3. The van der Waals surface area contributed by atoms with Gasteiger partial charge in [0, 0.05) is 19.0 Å². The fourth-order valence-corrected chi connectivity index (χ4v) is 1.30. The maximum absolute atomic E-state index is 11.3. The van der Waals surface area contributed by atoms with E-state index < -0.39 is 6.23 Å². The van der Waals surface area contributed by atoms with E-state index >= 15 is 0 Å². The molecule has 0 radical (unpaired) electrons. The van der Waals surface area contributed by atoms with Crippen LogP contribution in [0.4, 0.5) is 0 Å². The second-order valence-electron chi connectivity index (χ2n) is 3.40. The van der Waals surface area contributed by atoms with Gasteiger partial charge in [-0.2, -0.15) is 0 Å². The first-order valence-corrected chi connectivity index (χ1v) is 4.71. The number of carbonyl (C=O) groups is 2. The van der Waals surface area contributed by atoms with Crippen LogP contribution in [0.3, 0.4) is 0 Å². The van der Waals surface area contributed by atoms with Crippen molar-refractivity contribution >= 4 is 11.9 Å². The number of amides is 1. The summed E-state index contributed by atoms with van der Waals surface area (Å²) in [4.78, 5) is 23.9. The van der Waals surface area contributed by atoms with Crippen LogP contribution in [0, 0.1) is 0 Å². The summed E-state index contributed by atoms with van der Waals surface area (Å²) in [6.45, 7) is 3.62. The fourth-order valence-electron chi connectivity index (χ4n) is 1.30. The van der Waals surface area contributed by atoms with Crippen molar-refractivity contribution in [3.63, 3.8) is 0 Å². The fraction of sp³-hybridized carbons (Fsp3) is 0.600. The molecule has 4 heteroatoms. The summed E-state index contributed by atoms with van der Waals surface area (Å²) in [6, 6.07) is 0. The van der Waals surface area contributed by atoms with E-state index in [0.717, 1.165) is 6.42 Å². The molecule has 1 rings (SSSR count). The lowest BCUT2D eigenvalue weighted by Gasteiger charge is -2.19. The molecule has 0 bridgehead atoms. The topological polar surface area (TPSA) is 46.6 Å². The zero-order valence-electron chi connectivity index (χ0n) is 8.74. The normalized spacial score (nSPS) is 21.1. The van der Waals surface area contributed by atoms with Crippen LogP contribution in [0.2, 0.25) is 0 Å². The quantitative estimate of drug-likeness (QED) is 0.636. The summed E-state index contributed by atoms with van der Waals surface area (Å²) in [6.07, 6.45) is 2.30. The summed E-state index contributed by atoms with van der Waals surface area (Å²) in [5.74, 6) is -0.345. The monoisotopic (exact) mass is 197 g/mol. The van der Waals surface area contributed by atoms with Gasteiger partial charge >= 0.3 is 5.97 Å². The lowest BCUT2D eigenvalue weighted by molar-refractivity contribution is -0.155. The highest BCUT2D eigenvalue weighted by Gasteiger charge is 2.28. The molecule has 1 heterocycles. The molecule has 0 aromatic carbocycles. The molecular weight excluding hydrogens is 182 g/mol. The van der Waals surface area contributed by atoms with Gasteiger partial charge in [-0.1, -0.05) is 6.92 Å². The van der Waals surface area contributed by atoms with Crippen molar-refractivity contribution in [2.24, 2.45) is 0 Å². The van der Waals surface area contributed by atoms with Gasteiger partial charge in [-0.15, -0.1) is 0 Å². The summed E-state index contributed by atoms with van der Waals surface area (Å²) < 4.78 is 5.09. The Morgan fingerprint density at radius 1 is 1.64 bits per heavy atom. The van der Waals surface area contributed by atoms with Gasteiger partial charge in [0.25, 0.3) is 5.91 Å². The Morgan fingerprint density at radius 3 is 2.71 bits per heavy atom. The molecule has 4 nitrogen and oxygen atoms in total. The second kappa shape index (κ2) is 4.26. The number of rotatable bonds is 3. The number of esters is 1. The average Bonchev–Trinajstić information content (AvgIpc) is 2.34. The van der Waals surface area contributed by atoms with Crippen molar-refractivity contribution < 1.29 is 14.3 Å². The number of likely N-dealkylation sites (N-methyl/N-ethyl adjacent to an activating group) is 1. The van der Waals surface area contributed by atoms with Crippen molar-refractivity contribution in [1.82, 2.24) is 4.90 Å². The van der Waals surface area contributed by atoms with Gasteiger partial charge < -0.3 is 9.64 Å². The third-order valence-corrected chi connectivity index (χ3v) is 2.14. The number of hydrogen-bond donors (Lipinski definition) is 0. The van der Waals surface area contributed by atoms with Crippen molar-refractivity contribution in [3.05, 3.63) is 11.6 Å². The lowest BCUT2D eigenvalue weighted by Crippen LogP contribution is -2.33. The number of carbonyl (C=O) groups excluding carboxylic acids is 2. The Labute approximate surface area is 83.5 Å². The van der Waals surface area contributed by atoms with Crippen molar-refractivity contribution in [1.29, 1.82) is 0 Å². The van der Waals surface area contributed by atoms with Gasteiger partial charge in [0.15, 0.2) is 6.23 Å². The molecule has 1 aliphatic heterocycles. The number of nitrogens with zero attached hydrogens (tertiary/aromatic N) is 1. The Morgan fingerprint density at radius 2 is 2.29 bits per heavy atom. The number of ether oxygens (including phenoxy) is 1. The van der Waals surface area contributed by atoms with E-state index in [1.807, 2.05) is 6.92 Å². The first-order chi connectivity index (χ1) is 6.56. The van der Waals surface area contributed by atoms with E-state index in [-0.39, 0.29) is 11.9 Å². The van der Waals surface area contributed by atoms with Crippen LogP contribution >= 0.6 is 0 Å². The van der Waals surface area contributed by atoms with Gasteiger partial charge in [-0.25, -0.2) is 0 Å². The first-order valence-electron chi connectivity index (χ1n) is 4.71. The van der Waals surface area contributed by atoms with Crippen molar-refractivity contribution in [2.75, 3.05) is 7.05 Å². The Hall–Kier alpha value is -1.32. The van der Waals surface area contributed by atoms with Gasteiger partial charge in [-0.3, -0.25) is 9.59 Å². The minimum atomic E-state index is -0.512. The molecule has 0 aromatic heterocycles. The van der Waals surface area contributed by atoms with Gasteiger partial charge in [0.2, 0.25) is 0 Å². The zero-order valence-corrected chi connectivity index (χ0v) is 8.74. The molecule has 1 unspecified atom stereocenters. The third kappa shape index (κ3) is 2.13. The Kier molecular flexibility index (Phi) is 3.28. The molecule has 1 aliphatic rings. The second-order valence-corrected chi connectivity index (χ2v) is 3.40. The molecule has 0 spiro atoms. The summed E-state index contributed by atoms with van der Waals surface area (Å²) in [5, 5.41) is 0. The van der Waals surface area contributed by atoms with Gasteiger partial charge in [0.05, 0.1) is 0 Å². The summed E-state index contributed by atoms with van der Waals surface area (Å²) in [7, 11) is 1.62. The van der Waals surface area contributed by atoms with Crippen LogP contribution in [-0.2, 0) is 14.3 Å². The predicted octanol–water partition coefficient (Wildman–Crippen LogP) is 1.07. The maximum Gasteiger partial charge on any atom is 0.307 e. The third-order valence-electron chi connectivity index (χ3n) is 2.14.